The molecule has 0 saturated heterocycles. The van der Waals surface area contributed by atoms with Gasteiger partial charge in [-0.25, -0.2) is 8.78 Å². The molecular formula is C27H39F2NS. The molecule has 0 atom stereocenters. The predicted molar refractivity (Wildman–Crippen MR) is 135 cm³/mol. The molecule has 0 N–H and O–H groups in total. The Hall–Kier alpha value is -1.81. The number of hydrogen-bond acceptors (Lipinski definition) is 2. The van der Waals surface area contributed by atoms with Crippen LogP contribution in [0.5, 0.6) is 0 Å². The molecule has 0 unspecified atom stereocenters. The van der Waals surface area contributed by atoms with Crippen molar-refractivity contribution in [1.29, 1.82) is 0 Å². The van der Waals surface area contributed by atoms with Crippen LogP contribution in [0.15, 0.2) is 42.5 Å². The first-order valence-electron chi connectivity index (χ1n) is 11.6. The Bertz CT molecular complexity index is 826. The van der Waals surface area contributed by atoms with Gasteiger partial charge >= 0.3 is 0 Å². The zero-order valence-corrected chi connectivity index (χ0v) is 21.1. The molecule has 4 heteroatoms. The third-order valence-corrected chi connectivity index (χ3v) is 6.29. The Balaban J connectivity index is 0.000000303. The van der Waals surface area contributed by atoms with Gasteiger partial charge in [-0.05, 0) is 42.5 Å². The molecule has 0 spiro atoms. The van der Waals surface area contributed by atoms with Crippen molar-refractivity contribution in [3.8, 4) is 0 Å². The maximum atomic E-state index is 13.3. The van der Waals surface area contributed by atoms with Crippen molar-refractivity contribution in [3.63, 3.8) is 0 Å². The quantitative estimate of drug-likeness (QED) is 0.323. The highest BCUT2D eigenvalue weighted by molar-refractivity contribution is 7.80. The van der Waals surface area contributed by atoms with Crippen LogP contribution in [0.1, 0.15) is 78.4 Å². The monoisotopic (exact) mass is 447 g/mol. The van der Waals surface area contributed by atoms with E-state index >= 15 is 0 Å². The van der Waals surface area contributed by atoms with Gasteiger partial charge < -0.3 is 4.90 Å². The first-order valence-corrected chi connectivity index (χ1v) is 12.0. The SMILES string of the molecule is CC.CC(C)C(=S)c1ccccc1F.CCCC1(CCC)CN(C)c2cc(F)ccc21. The minimum Gasteiger partial charge on any atom is -0.373 e. The molecule has 2 aromatic carbocycles. The summed E-state index contributed by atoms with van der Waals surface area (Å²) in [5.41, 5.74) is 3.25. The van der Waals surface area contributed by atoms with E-state index in [1.54, 1.807) is 30.3 Å². The standard InChI is InChI=1S/C15H22FN.C10H11FS.C2H6/c1-4-8-15(9-5-2)11-17(3)14-10-12(16)6-7-13(14)15;1-7(2)10(12)8-5-3-4-6-9(8)11;1-2/h6-7,10H,4-5,8-9,11H2,1-3H3;3-7H,1-2H3;1-2H3. The van der Waals surface area contributed by atoms with Crippen molar-refractivity contribution in [3.05, 3.63) is 65.2 Å². The molecule has 172 valence electrons. The summed E-state index contributed by atoms with van der Waals surface area (Å²) in [6.45, 7) is 13.4. The smallest absolute Gasteiger partial charge is 0.131 e. The van der Waals surface area contributed by atoms with E-state index < -0.39 is 0 Å². The van der Waals surface area contributed by atoms with E-state index in [0.717, 1.165) is 12.2 Å². The van der Waals surface area contributed by atoms with Crippen LogP contribution < -0.4 is 4.90 Å². The molecule has 31 heavy (non-hydrogen) atoms. The molecule has 1 aliphatic rings. The zero-order chi connectivity index (χ0) is 23.6. The fraction of sp³-hybridized carbons (Fsp3) is 0.519. The molecule has 0 aliphatic carbocycles. The van der Waals surface area contributed by atoms with E-state index in [2.05, 4.69) is 25.8 Å². The van der Waals surface area contributed by atoms with Gasteiger partial charge in [0.1, 0.15) is 11.6 Å². The summed E-state index contributed by atoms with van der Waals surface area (Å²) in [6, 6.07) is 11.9. The highest BCUT2D eigenvalue weighted by Crippen LogP contribution is 2.46. The first kappa shape index (κ1) is 27.2. The largest absolute Gasteiger partial charge is 0.373 e. The van der Waals surface area contributed by atoms with Gasteiger partial charge in [0.15, 0.2) is 0 Å². The normalized spacial score (nSPS) is 13.7. The Morgan fingerprint density at radius 1 is 1.03 bits per heavy atom. The van der Waals surface area contributed by atoms with Crippen LogP contribution in [0.2, 0.25) is 0 Å². The summed E-state index contributed by atoms with van der Waals surface area (Å²) in [7, 11) is 2.07. The summed E-state index contributed by atoms with van der Waals surface area (Å²) < 4.78 is 26.4. The maximum absolute atomic E-state index is 13.3. The van der Waals surface area contributed by atoms with E-state index in [-0.39, 0.29) is 23.0 Å². The molecular weight excluding hydrogens is 408 g/mol. The molecule has 0 radical (unpaired) electrons. The first-order chi connectivity index (χ1) is 14.8. The molecule has 0 amide bonds. The maximum Gasteiger partial charge on any atom is 0.131 e. The molecule has 1 heterocycles. The van der Waals surface area contributed by atoms with Crippen LogP contribution in [0.25, 0.3) is 0 Å². The number of rotatable bonds is 6. The van der Waals surface area contributed by atoms with Crippen molar-refractivity contribution < 1.29 is 8.78 Å². The lowest BCUT2D eigenvalue weighted by Crippen LogP contribution is -2.31. The van der Waals surface area contributed by atoms with Gasteiger partial charge in [-0.1, -0.05) is 90.9 Å². The summed E-state index contributed by atoms with van der Waals surface area (Å²) in [4.78, 5) is 2.90. The molecule has 1 aliphatic heterocycles. The Morgan fingerprint density at radius 2 is 1.61 bits per heavy atom. The zero-order valence-electron chi connectivity index (χ0n) is 20.3. The second-order valence-electron chi connectivity index (χ2n) is 8.30. The Morgan fingerprint density at radius 3 is 2.13 bits per heavy atom. The van der Waals surface area contributed by atoms with Crippen molar-refractivity contribution >= 4 is 22.8 Å². The summed E-state index contributed by atoms with van der Waals surface area (Å²) in [6.07, 6.45) is 4.77. The number of nitrogens with zero attached hydrogens (tertiary/aromatic N) is 1. The minimum atomic E-state index is -0.226. The van der Waals surface area contributed by atoms with Gasteiger partial charge in [0, 0.05) is 35.1 Å². The van der Waals surface area contributed by atoms with E-state index in [1.165, 1.54) is 37.3 Å². The number of likely N-dealkylation sites (N-methyl/N-ethyl adjacent to an activating group) is 1. The molecule has 0 bridgehead atoms. The Kier molecular flexibility index (Phi) is 11.3. The van der Waals surface area contributed by atoms with Gasteiger partial charge in [-0.15, -0.1) is 0 Å². The lowest BCUT2D eigenvalue weighted by molar-refractivity contribution is 0.381. The molecule has 0 fully saturated rings. The fourth-order valence-corrected chi connectivity index (χ4v) is 4.54. The molecule has 0 aromatic heterocycles. The number of hydrogen-bond donors (Lipinski definition) is 0. The third kappa shape index (κ3) is 6.83. The predicted octanol–water partition coefficient (Wildman–Crippen LogP) is 8.34. The lowest BCUT2D eigenvalue weighted by atomic mass is 9.75. The summed E-state index contributed by atoms with van der Waals surface area (Å²) in [5, 5.41) is 0. The van der Waals surface area contributed by atoms with E-state index in [4.69, 9.17) is 12.2 Å². The average Bonchev–Trinajstić information content (AvgIpc) is 3.01. The van der Waals surface area contributed by atoms with Crippen LogP contribution >= 0.6 is 12.2 Å². The van der Waals surface area contributed by atoms with Crippen molar-refractivity contribution in [2.75, 3.05) is 18.5 Å². The van der Waals surface area contributed by atoms with Crippen molar-refractivity contribution in [2.45, 2.75) is 72.6 Å². The van der Waals surface area contributed by atoms with E-state index in [9.17, 15) is 8.78 Å². The molecule has 3 rings (SSSR count). The van der Waals surface area contributed by atoms with Crippen LogP contribution in [0.3, 0.4) is 0 Å². The van der Waals surface area contributed by atoms with Gasteiger partial charge in [0.05, 0.1) is 0 Å². The highest BCUT2D eigenvalue weighted by Gasteiger charge is 2.39. The average molecular weight is 448 g/mol. The summed E-state index contributed by atoms with van der Waals surface area (Å²) >= 11 is 5.09. The minimum absolute atomic E-state index is 0.126. The van der Waals surface area contributed by atoms with E-state index in [0.29, 0.717) is 10.4 Å². The van der Waals surface area contributed by atoms with Crippen LogP contribution in [-0.4, -0.2) is 18.5 Å². The molecule has 1 nitrogen and oxygen atoms in total. The molecule has 0 saturated carbocycles. The number of halogens is 2. The van der Waals surface area contributed by atoms with Crippen molar-refractivity contribution in [2.24, 2.45) is 5.92 Å². The Labute approximate surface area is 193 Å². The number of benzene rings is 2. The second kappa shape index (κ2) is 12.9. The van der Waals surface area contributed by atoms with Crippen molar-refractivity contribution in [1.82, 2.24) is 0 Å². The molecule has 2 aromatic rings. The second-order valence-corrected chi connectivity index (χ2v) is 8.74. The van der Waals surface area contributed by atoms with Crippen LogP contribution in [0, 0.1) is 17.6 Å². The van der Waals surface area contributed by atoms with Gasteiger partial charge in [-0.2, -0.15) is 0 Å². The van der Waals surface area contributed by atoms with Crippen LogP contribution in [0.4, 0.5) is 14.5 Å². The van der Waals surface area contributed by atoms with Gasteiger partial charge in [0.25, 0.3) is 0 Å². The topological polar surface area (TPSA) is 3.24 Å². The number of fused-ring (bicyclic) bond motifs is 1. The highest BCUT2D eigenvalue weighted by atomic mass is 32.1. The van der Waals surface area contributed by atoms with Crippen LogP contribution in [-0.2, 0) is 5.41 Å². The lowest BCUT2D eigenvalue weighted by Gasteiger charge is -2.29. The van der Waals surface area contributed by atoms with E-state index in [1.807, 2.05) is 33.8 Å². The van der Waals surface area contributed by atoms with Gasteiger partial charge in [-0.3, -0.25) is 0 Å². The van der Waals surface area contributed by atoms with Gasteiger partial charge in [0.2, 0.25) is 0 Å². The number of thiocarbonyl (C=S) groups is 1. The number of anilines is 1. The fourth-order valence-electron chi connectivity index (χ4n) is 4.38. The summed E-state index contributed by atoms with van der Waals surface area (Å²) in [5.74, 6) is -0.132. The third-order valence-electron chi connectivity index (χ3n) is 5.60.